The Hall–Kier alpha value is -2.23. The third kappa shape index (κ3) is 2.11. The maximum absolute atomic E-state index is 4.79. The van der Waals surface area contributed by atoms with Crippen LogP contribution < -0.4 is 0 Å². The number of likely N-dealkylation sites (N-methyl/N-ethyl adjacent to an activating group) is 1. The van der Waals surface area contributed by atoms with Gasteiger partial charge in [0.1, 0.15) is 6.33 Å². The van der Waals surface area contributed by atoms with Crippen LogP contribution in [0.25, 0.3) is 11.1 Å². The molecule has 4 heteroatoms. The molecular weight excluding hydrogens is 260 g/mol. The molecule has 0 radical (unpaired) electrons. The first kappa shape index (κ1) is 12.5. The maximum atomic E-state index is 4.79. The zero-order valence-corrected chi connectivity index (χ0v) is 12.2. The molecule has 106 valence electrons. The fourth-order valence-corrected chi connectivity index (χ4v) is 3.62. The molecule has 2 aromatic rings. The van der Waals surface area contributed by atoms with E-state index in [4.69, 9.17) is 4.99 Å². The molecule has 4 nitrogen and oxygen atoms in total. The highest BCUT2D eigenvalue weighted by atomic mass is 15.2. The number of aliphatic imine (C=N–C) groups is 1. The van der Waals surface area contributed by atoms with Gasteiger partial charge >= 0.3 is 0 Å². The average molecular weight is 278 g/mol. The second-order valence-corrected chi connectivity index (χ2v) is 6.13. The first-order valence-electron chi connectivity index (χ1n) is 7.38. The van der Waals surface area contributed by atoms with Gasteiger partial charge in [0, 0.05) is 31.5 Å². The zero-order chi connectivity index (χ0) is 14.3. The first-order valence-corrected chi connectivity index (χ1v) is 7.38. The highest BCUT2D eigenvalue weighted by molar-refractivity contribution is 5.68. The van der Waals surface area contributed by atoms with Gasteiger partial charge in [-0.05, 0) is 36.0 Å². The van der Waals surface area contributed by atoms with Crippen LogP contribution in [0.15, 0.2) is 41.9 Å². The van der Waals surface area contributed by atoms with Crippen LogP contribution in [0.3, 0.4) is 0 Å². The molecule has 0 amide bonds. The molecule has 1 aliphatic carbocycles. The van der Waals surface area contributed by atoms with E-state index in [9.17, 15) is 0 Å². The van der Waals surface area contributed by atoms with Crippen molar-refractivity contribution in [1.82, 2.24) is 14.9 Å². The van der Waals surface area contributed by atoms with E-state index >= 15 is 0 Å². The lowest BCUT2D eigenvalue weighted by atomic mass is 9.76. The van der Waals surface area contributed by atoms with Gasteiger partial charge in [-0.15, -0.1) is 0 Å². The molecule has 1 aromatic carbocycles. The quantitative estimate of drug-likeness (QED) is 0.804. The summed E-state index contributed by atoms with van der Waals surface area (Å²) in [6, 6.07) is 6.57. The van der Waals surface area contributed by atoms with Crippen LogP contribution in [0.2, 0.25) is 0 Å². The third-order valence-electron chi connectivity index (χ3n) is 4.58. The predicted molar refractivity (Wildman–Crippen MR) is 83.3 cm³/mol. The van der Waals surface area contributed by atoms with E-state index in [2.05, 4.69) is 40.1 Å². The van der Waals surface area contributed by atoms with Gasteiger partial charge in [0.15, 0.2) is 0 Å². The van der Waals surface area contributed by atoms with Crippen molar-refractivity contribution >= 4 is 6.34 Å². The van der Waals surface area contributed by atoms with Gasteiger partial charge in [-0.3, -0.25) is 4.99 Å². The molecule has 1 spiro atoms. The normalized spacial score (nSPS) is 23.6. The van der Waals surface area contributed by atoms with Gasteiger partial charge < -0.3 is 4.90 Å². The van der Waals surface area contributed by atoms with E-state index in [1.807, 2.05) is 18.7 Å². The van der Waals surface area contributed by atoms with Crippen LogP contribution in [-0.2, 0) is 12.8 Å². The molecule has 2 aliphatic rings. The van der Waals surface area contributed by atoms with E-state index in [-0.39, 0.29) is 5.54 Å². The number of nitrogens with zero attached hydrogens (tertiary/aromatic N) is 4. The van der Waals surface area contributed by atoms with E-state index in [1.54, 1.807) is 6.33 Å². The highest BCUT2D eigenvalue weighted by Gasteiger charge is 2.38. The number of hydrogen-bond donors (Lipinski definition) is 0. The second-order valence-electron chi connectivity index (χ2n) is 6.13. The van der Waals surface area contributed by atoms with Crippen molar-refractivity contribution in [2.75, 3.05) is 13.6 Å². The molecule has 21 heavy (non-hydrogen) atoms. The molecule has 1 unspecified atom stereocenters. The Morgan fingerprint density at radius 2 is 2.05 bits per heavy atom. The van der Waals surface area contributed by atoms with Crippen LogP contribution in [0.5, 0.6) is 0 Å². The third-order valence-corrected chi connectivity index (χ3v) is 4.58. The topological polar surface area (TPSA) is 41.4 Å². The van der Waals surface area contributed by atoms with Crippen molar-refractivity contribution < 1.29 is 0 Å². The lowest BCUT2D eigenvalue weighted by molar-refractivity contribution is 0.336. The smallest absolute Gasteiger partial charge is 0.115 e. The van der Waals surface area contributed by atoms with Crippen LogP contribution in [0.4, 0.5) is 0 Å². The van der Waals surface area contributed by atoms with E-state index < -0.39 is 0 Å². The molecule has 1 aromatic heterocycles. The molecule has 0 saturated carbocycles. The van der Waals surface area contributed by atoms with Crippen LogP contribution in [-0.4, -0.2) is 40.3 Å². The molecule has 0 bridgehead atoms. The Kier molecular flexibility index (Phi) is 2.77. The van der Waals surface area contributed by atoms with Gasteiger partial charge in [0.05, 0.1) is 11.9 Å². The fourth-order valence-electron chi connectivity index (χ4n) is 3.62. The van der Waals surface area contributed by atoms with Crippen molar-refractivity contribution in [2.24, 2.45) is 4.99 Å². The standard InChI is InChI=1S/C17H18N4/c1-21-10-17(20-12-21)6-5-16-13(7-17)3-2-4-15(16)14-8-18-11-19-9-14/h2-4,8-9,11-12H,5-7,10H2,1H3. The van der Waals surface area contributed by atoms with E-state index in [1.165, 1.54) is 16.7 Å². The summed E-state index contributed by atoms with van der Waals surface area (Å²) in [6.45, 7) is 1.03. The Labute approximate surface area is 124 Å². The summed E-state index contributed by atoms with van der Waals surface area (Å²) in [4.78, 5) is 15.3. The second kappa shape index (κ2) is 4.65. The van der Waals surface area contributed by atoms with E-state index in [0.29, 0.717) is 0 Å². The predicted octanol–water partition coefficient (Wildman–Crippen LogP) is 2.34. The van der Waals surface area contributed by atoms with E-state index in [0.717, 1.165) is 31.4 Å². The molecule has 2 heterocycles. The SMILES string of the molecule is CN1C=NC2(CCc3c(cccc3-c3cncnc3)C2)C1. The molecule has 4 rings (SSSR count). The van der Waals surface area contributed by atoms with Gasteiger partial charge in [0.25, 0.3) is 0 Å². The summed E-state index contributed by atoms with van der Waals surface area (Å²) in [6.07, 6.45) is 10.6. The Bertz CT molecular complexity index is 695. The molecule has 1 aliphatic heterocycles. The zero-order valence-electron chi connectivity index (χ0n) is 12.2. The summed E-state index contributed by atoms with van der Waals surface area (Å²) < 4.78 is 0. The maximum Gasteiger partial charge on any atom is 0.115 e. The van der Waals surface area contributed by atoms with Gasteiger partial charge in [-0.25, -0.2) is 9.97 Å². The van der Waals surface area contributed by atoms with Crippen molar-refractivity contribution in [1.29, 1.82) is 0 Å². The molecule has 0 N–H and O–H groups in total. The monoisotopic (exact) mass is 278 g/mol. The van der Waals surface area contributed by atoms with Crippen LogP contribution in [0.1, 0.15) is 17.5 Å². The van der Waals surface area contributed by atoms with Gasteiger partial charge in [-0.2, -0.15) is 0 Å². The van der Waals surface area contributed by atoms with Gasteiger partial charge in [-0.1, -0.05) is 18.2 Å². The minimum atomic E-state index is 0.0908. The lowest BCUT2D eigenvalue weighted by Crippen LogP contribution is -2.38. The Morgan fingerprint density at radius 3 is 2.81 bits per heavy atom. The summed E-state index contributed by atoms with van der Waals surface area (Å²) >= 11 is 0. The van der Waals surface area contributed by atoms with Crippen molar-refractivity contribution in [2.45, 2.75) is 24.8 Å². The van der Waals surface area contributed by atoms with Crippen LogP contribution in [0, 0.1) is 0 Å². The number of benzene rings is 1. The number of aromatic nitrogens is 2. The highest BCUT2D eigenvalue weighted by Crippen LogP contribution is 2.38. The summed E-state index contributed by atoms with van der Waals surface area (Å²) in [5, 5.41) is 0. The van der Waals surface area contributed by atoms with Crippen LogP contribution >= 0.6 is 0 Å². The molecular formula is C17H18N4. The van der Waals surface area contributed by atoms with Gasteiger partial charge in [0.2, 0.25) is 0 Å². The van der Waals surface area contributed by atoms with Crippen molar-refractivity contribution in [3.63, 3.8) is 0 Å². The number of fused-ring (bicyclic) bond motifs is 1. The summed E-state index contributed by atoms with van der Waals surface area (Å²) in [7, 11) is 2.10. The Balaban J connectivity index is 1.74. The number of hydrogen-bond acceptors (Lipinski definition) is 4. The lowest BCUT2D eigenvalue weighted by Gasteiger charge is -2.33. The minimum Gasteiger partial charge on any atom is -0.364 e. The number of rotatable bonds is 1. The average Bonchev–Trinajstić information content (AvgIpc) is 2.88. The summed E-state index contributed by atoms with van der Waals surface area (Å²) in [5.74, 6) is 0. The van der Waals surface area contributed by atoms with Crippen molar-refractivity contribution in [3.8, 4) is 11.1 Å². The first-order chi connectivity index (χ1) is 10.3. The molecule has 1 atom stereocenters. The summed E-state index contributed by atoms with van der Waals surface area (Å²) in [5.41, 5.74) is 5.35. The van der Waals surface area contributed by atoms with Crippen molar-refractivity contribution in [3.05, 3.63) is 48.0 Å². The fraction of sp³-hybridized carbons (Fsp3) is 0.353. The Morgan fingerprint density at radius 1 is 1.19 bits per heavy atom. The largest absolute Gasteiger partial charge is 0.364 e. The molecule has 0 saturated heterocycles. The minimum absolute atomic E-state index is 0.0908. The molecule has 0 fully saturated rings.